The van der Waals surface area contributed by atoms with Crippen molar-refractivity contribution in [2.45, 2.75) is 39.2 Å². The second-order valence-electron chi connectivity index (χ2n) is 5.95. The smallest absolute Gasteiger partial charge is 0.230 e. The molecular formula is C16H22Cl2N2O. The average molecular weight is 329 g/mol. The summed E-state index contributed by atoms with van der Waals surface area (Å²) in [5.41, 5.74) is 6.39. The Balaban J connectivity index is 2.28. The fourth-order valence-corrected chi connectivity index (χ4v) is 3.11. The fourth-order valence-electron chi connectivity index (χ4n) is 2.81. The van der Waals surface area contributed by atoms with Crippen LogP contribution in [-0.2, 0) is 4.79 Å². The molecule has 3 nitrogen and oxygen atoms in total. The van der Waals surface area contributed by atoms with Gasteiger partial charge in [0.1, 0.15) is 0 Å². The quantitative estimate of drug-likeness (QED) is 0.906. The summed E-state index contributed by atoms with van der Waals surface area (Å²) in [6.07, 6.45) is 2.70. The Morgan fingerprint density at radius 1 is 1.43 bits per heavy atom. The molecule has 116 valence electrons. The normalized spacial score (nSPS) is 21.4. The van der Waals surface area contributed by atoms with E-state index in [4.69, 9.17) is 28.9 Å². The van der Waals surface area contributed by atoms with Gasteiger partial charge in [0.05, 0.1) is 21.5 Å². The summed E-state index contributed by atoms with van der Waals surface area (Å²) in [5, 5.41) is 1.07. The Bertz CT molecular complexity index is 529. The maximum Gasteiger partial charge on any atom is 0.230 e. The van der Waals surface area contributed by atoms with Crippen LogP contribution in [0.5, 0.6) is 0 Å². The molecule has 0 bridgehead atoms. The van der Waals surface area contributed by atoms with E-state index in [0.29, 0.717) is 16.6 Å². The second-order valence-corrected chi connectivity index (χ2v) is 6.76. The Morgan fingerprint density at radius 2 is 2.14 bits per heavy atom. The fraction of sp³-hybridized carbons (Fsp3) is 0.562. The zero-order valence-corrected chi connectivity index (χ0v) is 14.0. The second kappa shape index (κ2) is 6.55. The van der Waals surface area contributed by atoms with Gasteiger partial charge in [-0.05, 0) is 43.9 Å². The first-order chi connectivity index (χ1) is 9.92. The van der Waals surface area contributed by atoms with Crippen LogP contribution in [0, 0.1) is 5.41 Å². The molecule has 1 aliphatic heterocycles. The average Bonchev–Trinajstić information content (AvgIpc) is 2.97. The van der Waals surface area contributed by atoms with Gasteiger partial charge in [-0.2, -0.15) is 0 Å². The number of carbonyl (C=O) groups is 1. The third-order valence-corrected chi connectivity index (χ3v) is 5.33. The van der Waals surface area contributed by atoms with Crippen LogP contribution >= 0.6 is 23.2 Å². The van der Waals surface area contributed by atoms with E-state index in [2.05, 4.69) is 0 Å². The van der Waals surface area contributed by atoms with Crippen LogP contribution in [-0.4, -0.2) is 23.9 Å². The van der Waals surface area contributed by atoms with Gasteiger partial charge in [-0.3, -0.25) is 4.79 Å². The van der Waals surface area contributed by atoms with Gasteiger partial charge in [0.2, 0.25) is 5.91 Å². The topological polar surface area (TPSA) is 46.3 Å². The lowest BCUT2D eigenvalue weighted by molar-refractivity contribution is -0.142. The van der Waals surface area contributed by atoms with E-state index in [1.165, 1.54) is 0 Å². The minimum atomic E-state index is -0.487. The van der Waals surface area contributed by atoms with Crippen LogP contribution in [0.15, 0.2) is 18.2 Å². The molecule has 0 radical (unpaired) electrons. The highest BCUT2D eigenvalue weighted by atomic mass is 35.5. The molecule has 2 N–H and O–H groups in total. The van der Waals surface area contributed by atoms with Crippen LogP contribution in [0.3, 0.4) is 0 Å². The molecule has 1 aromatic carbocycles. The van der Waals surface area contributed by atoms with Crippen LogP contribution in [0.1, 0.15) is 44.7 Å². The first-order valence-corrected chi connectivity index (χ1v) is 8.14. The molecule has 1 amide bonds. The number of rotatable bonds is 4. The third-order valence-electron chi connectivity index (χ3n) is 4.59. The van der Waals surface area contributed by atoms with Gasteiger partial charge in [-0.1, -0.05) is 36.2 Å². The van der Waals surface area contributed by atoms with Crippen molar-refractivity contribution in [2.75, 3.05) is 13.1 Å². The maximum atomic E-state index is 12.9. The van der Waals surface area contributed by atoms with Crippen molar-refractivity contribution in [1.29, 1.82) is 0 Å². The standard InChI is InChI=1S/C16H22Cl2N2O/c1-3-16(2,10-19)15(21)20-8-4-5-14(20)11-6-7-12(17)13(18)9-11/h6-7,9,14H,3-5,8,10,19H2,1-2H3. The molecule has 0 saturated carbocycles. The molecule has 2 rings (SSSR count). The number of nitrogens with two attached hydrogens (primary N) is 1. The predicted molar refractivity (Wildman–Crippen MR) is 87.6 cm³/mol. The minimum Gasteiger partial charge on any atom is -0.335 e. The molecule has 2 atom stereocenters. The monoisotopic (exact) mass is 328 g/mol. The lowest BCUT2D eigenvalue weighted by Gasteiger charge is -2.34. The molecule has 21 heavy (non-hydrogen) atoms. The van der Waals surface area contributed by atoms with Crippen molar-refractivity contribution >= 4 is 29.1 Å². The summed E-state index contributed by atoms with van der Waals surface area (Å²) in [7, 11) is 0. The number of carbonyl (C=O) groups excluding carboxylic acids is 1. The highest BCUT2D eigenvalue weighted by Gasteiger charge is 2.39. The molecule has 1 fully saturated rings. The van der Waals surface area contributed by atoms with Gasteiger partial charge >= 0.3 is 0 Å². The molecule has 1 heterocycles. The van der Waals surface area contributed by atoms with Crippen LogP contribution in [0.4, 0.5) is 0 Å². The summed E-state index contributed by atoms with van der Waals surface area (Å²) in [4.78, 5) is 14.8. The van der Waals surface area contributed by atoms with Crippen molar-refractivity contribution in [3.63, 3.8) is 0 Å². The first kappa shape index (κ1) is 16.6. The molecule has 1 saturated heterocycles. The van der Waals surface area contributed by atoms with Crippen LogP contribution in [0.25, 0.3) is 0 Å². The van der Waals surface area contributed by atoms with Gasteiger partial charge < -0.3 is 10.6 Å². The number of nitrogens with zero attached hydrogens (tertiary/aromatic N) is 1. The van der Waals surface area contributed by atoms with Crippen molar-refractivity contribution in [3.8, 4) is 0 Å². The predicted octanol–water partition coefficient (Wildman–Crippen LogP) is 4.03. The molecule has 5 heteroatoms. The van der Waals surface area contributed by atoms with Gasteiger partial charge in [0.25, 0.3) is 0 Å². The molecule has 0 aliphatic carbocycles. The largest absolute Gasteiger partial charge is 0.335 e. The molecule has 1 aliphatic rings. The summed E-state index contributed by atoms with van der Waals surface area (Å²) < 4.78 is 0. The van der Waals surface area contributed by atoms with Crippen LogP contribution < -0.4 is 5.73 Å². The van der Waals surface area contributed by atoms with E-state index in [-0.39, 0.29) is 11.9 Å². The number of benzene rings is 1. The van der Waals surface area contributed by atoms with Gasteiger partial charge in [0.15, 0.2) is 0 Å². The van der Waals surface area contributed by atoms with E-state index in [1.54, 1.807) is 6.07 Å². The van der Waals surface area contributed by atoms with Crippen LogP contribution in [0.2, 0.25) is 10.0 Å². The Morgan fingerprint density at radius 3 is 2.71 bits per heavy atom. The van der Waals surface area contributed by atoms with E-state index >= 15 is 0 Å². The highest BCUT2D eigenvalue weighted by Crippen LogP contribution is 2.38. The molecule has 0 aromatic heterocycles. The summed E-state index contributed by atoms with van der Waals surface area (Å²) in [6, 6.07) is 5.69. The SMILES string of the molecule is CCC(C)(CN)C(=O)N1CCCC1c1ccc(Cl)c(Cl)c1. The lowest BCUT2D eigenvalue weighted by Crippen LogP contribution is -2.45. The van der Waals surface area contributed by atoms with E-state index in [0.717, 1.165) is 31.4 Å². The van der Waals surface area contributed by atoms with E-state index < -0.39 is 5.41 Å². The Hall–Kier alpha value is -0.770. The number of amides is 1. The number of halogens is 2. The maximum absolute atomic E-state index is 12.9. The van der Waals surface area contributed by atoms with Crippen molar-refractivity contribution < 1.29 is 4.79 Å². The molecular weight excluding hydrogens is 307 g/mol. The first-order valence-electron chi connectivity index (χ1n) is 7.39. The number of likely N-dealkylation sites (tertiary alicyclic amines) is 1. The third kappa shape index (κ3) is 3.20. The van der Waals surface area contributed by atoms with Gasteiger partial charge in [0, 0.05) is 13.1 Å². The molecule has 1 aromatic rings. The summed E-state index contributed by atoms with van der Waals surface area (Å²) >= 11 is 12.1. The van der Waals surface area contributed by atoms with Gasteiger partial charge in [-0.15, -0.1) is 0 Å². The van der Waals surface area contributed by atoms with Crippen molar-refractivity contribution in [3.05, 3.63) is 33.8 Å². The summed E-state index contributed by atoms with van der Waals surface area (Å²) in [5.74, 6) is 0.140. The van der Waals surface area contributed by atoms with E-state index in [9.17, 15) is 4.79 Å². The Kier molecular flexibility index (Phi) is 5.18. The highest BCUT2D eigenvalue weighted by molar-refractivity contribution is 6.42. The van der Waals surface area contributed by atoms with Crippen molar-refractivity contribution in [1.82, 2.24) is 4.90 Å². The number of hydrogen-bond donors (Lipinski definition) is 1. The van der Waals surface area contributed by atoms with Crippen molar-refractivity contribution in [2.24, 2.45) is 11.1 Å². The Labute approximate surface area is 136 Å². The lowest BCUT2D eigenvalue weighted by atomic mass is 9.85. The zero-order valence-electron chi connectivity index (χ0n) is 12.5. The summed E-state index contributed by atoms with van der Waals surface area (Å²) in [6.45, 7) is 5.10. The van der Waals surface area contributed by atoms with Gasteiger partial charge in [-0.25, -0.2) is 0 Å². The number of hydrogen-bond acceptors (Lipinski definition) is 2. The zero-order chi connectivity index (χ0) is 15.6. The molecule has 2 unspecified atom stereocenters. The van der Waals surface area contributed by atoms with E-state index in [1.807, 2.05) is 30.9 Å². The molecule has 0 spiro atoms. The minimum absolute atomic E-state index is 0.0738.